The molecule has 0 atom stereocenters. The number of carbonyl (C=O) groups excluding carboxylic acids is 1. The molecule has 0 spiro atoms. The monoisotopic (exact) mass is 221 g/mol. The van der Waals surface area contributed by atoms with Crippen molar-refractivity contribution in [3.63, 3.8) is 0 Å². The zero-order valence-corrected chi connectivity index (χ0v) is 9.73. The van der Waals surface area contributed by atoms with E-state index >= 15 is 0 Å². The van der Waals surface area contributed by atoms with Crippen molar-refractivity contribution in [2.24, 2.45) is 5.41 Å². The third-order valence-corrected chi connectivity index (χ3v) is 2.36. The van der Waals surface area contributed by atoms with E-state index in [1.54, 1.807) is 0 Å². The summed E-state index contributed by atoms with van der Waals surface area (Å²) in [6.07, 6.45) is 1.90. The highest BCUT2D eigenvalue weighted by atomic mass is 35.5. The molecule has 0 aliphatic heterocycles. The van der Waals surface area contributed by atoms with Crippen LogP contribution in [0.2, 0.25) is 0 Å². The number of nitrogens with one attached hydrogen (secondary N) is 1. The molecule has 0 aromatic heterocycles. The van der Waals surface area contributed by atoms with Gasteiger partial charge in [0, 0.05) is 25.5 Å². The van der Waals surface area contributed by atoms with Gasteiger partial charge in [-0.15, -0.1) is 11.6 Å². The lowest BCUT2D eigenvalue weighted by molar-refractivity contribution is -0.121. The van der Waals surface area contributed by atoms with Gasteiger partial charge >= 0.3 is 0 Å². The largest absolute Gasteiger partial charge is 0.396 e. The Morgan fingerprint density at radius 2 is 2.14 bits per heavy atom. The van der Waals surface area contributed by atoms with Crippen molar-refractivity contribution in [3.8, 4) is 0 Å². The van der Waals surface area contributed by atoms with E-state index in [0.717, 1.165) is 0 Å². The van der Waals surface area contributed by atoms with Gasteiger partial charge in [-0.05, 0) is 18.3 Å². The van der Waals surface area contributed by atoms with Crippen LogP contribution in [0.3, 0.4) is 0 Å². The Balaban J connectivity index is 3.64. The summed E-state index contributed by atoms with van der Waals surface area (Å²) in [5, 5.41) is 11.6. The second-order valence-electron chi connectivity index (χ2n) is 4.21. The molecule has 0 aromatic rings. The molecule has 0 aliphatic rings. The summed E-state index contributed by atoms with van der Waals surface area (Å²) < 4.78 is 0. The smallest absolute Gasteiger partial charge is 0.220 e. The van der Waals surface area contributed by atoms with Gasteiger partial charge in [0.15, 0.2) is 0 Å². The van der Waals surface area contributed by atoms with Gasteiger partial charge < -0.3 is 10.4 Å². The number of alkyl halides is 1. The molecule has 0 aromatic carbocycles. The lowest BCUT2D eigenvalue weighted by Crippen LogP contribution is -2.34. The van der Waals surface area contributed by atoms with Crippen LogP contribution in [0.5, 0.6) is 0 Å². The molecule has 0 unspecified atom stereocenters. The maximum atomic E-state index is 11.2. The van der Waals surface area contributed by atoms with Crippen LogP contribution in [-0.2, 0) is 4.79 Å². The Morgan fingerprint density at radius 1 is 1.50 bits per heavy atom. The standard InChI is InChI=1S/C10H20ClNO2/c1-10(2,5-7-13)8-12-9(14)4-3-6-11/h13H,3-8H2,1-2H3,(H,12,14). The first kappa shape index (κ1) is 13.7. The van der Waals surface area contributed by atoms with Gasteiger partial charge in [0.1, 0.15) is 0 Å². The number of halogens is 1. The van der Waals surface area contributed by atoms with Gasteiger partial charge in [-0.2, -0.15) is 0 Å². The maximum absolute atomic E-state index is 11.2. The Labute approximate surface area is 90.8 Å². The number of hydrogen-bond donors (Lipinski definition) is 2. The summed E-state index contributed by atoms with van der Waals surface area (Å²) in [6.45, 7) is 4.80. The topological polar surface area (TPSA) is 49.3 Å². The lowest BCUT2D eigenvalue weighted by atomic mass is 9.90. The first-order chi connectivity index (χ1) is 6.52. The first-order valence-corrected chi connectivity index (χ1v) is 5.49. The maximum Gasteiger partial charge on any atom is 0.220 e. The Bertz CT molecular complexity index is 172. The minimum atomic E-state index is -0.0363. The zero-order valence-electron chi connectivity index (χ0n) is 8.98. The van der Waals surface area contributed by atoms with Gasteiger partial charge in [0.2, 0.25) is 5.91 Å². The van der Waals surface area contributed by atoms with Crippen molar-refractivity contribution >= 4 is 17.5 Å². The van der Waals surface area contributed by atoms with Gasteiger partial charge in [-0.3, -0.25) is 4.79 Å². The number of amides is 1. The summed E-state index contributed by atoms with van der Waals surface area (Å²) in [5.41, 5.74) is -0.0363. The third-order valence-electron chi connectivity index (χ3n) is 2.09. The highest BCUT2D eigenvalue weighted by molar-refractivity contribution is 6.17. The quantitative estimate of drug-likeness (QED) is 0.641. The molecule has 3 nitrogen and oxygen atoms in total. The van der Waals surface area contributed by atoms with Crippen LogP contribution in [0.25, 0.3) is 0 Å². The van der Waals surface area contributed by atoms with E-state index in [1.165, 1.54) is 0 Å². The number of aliphatic hydroxyl groups is 1. The van der Waals surface area contributed by atoms with E-state index in [0.29, 0.717) is 31.7 Å². The van der Waals surface area contributed by atoms with E-state index in [9.17, 15) is 4.79 Å². The predicted octanol–water partition coefficient (Wildman–Crippen LogP) is 1.53. The van der Waals surface area contributed by atoms with Crippen molar-refractivity contribution < 1.29 is 9.90 Å². The summed E-state index contributed by atoms with van der Waals surface area (Å²) in [7, 11) is 0. The van der Waals surface area contributed by atoms with Crippen molar-refractivity contribution in [3.05, 3.63) is 0 Å². The molecule has 1 amide bonds. The summed E-state index contributed by atoms with van der Waals surface area (Å²) in [4.78, 5) is 11.2. The zero-order chi connectivity index (χ0) is 11.0. The van der Waals surface area contributed by atoms with Crippen LogP contribution in [0.15, 0.2) is 0 Å². The fourth-order valence-electron chi connectivity index (χ4n) is 1.04. The van der Waals surface area contributed by atoms with E-state index in [2.05, 4.69) is 5.32 Å². The number of rotatable bonds is 7. The average molecular weight is 222 g/mol. The SMILES string of the molecule is CC(C)(CCO)CNC(=O)CCCCl. The molecule has 0 heterocycles. The van der Waals surface area contributed by atoms with E-state index < -0.39 is 0 Å². The van der Waals surface area contributed by atoms with Gasteiger partial charge in [0.05, 0.1) is 0 Å². The van der Waals surface area contributed by atoms with Crippen LogP contribution in [0.4, 0.5) is 0 Å². The van der Waals surface area contributed by atoms with Gasteiger partial charge in [0.25, 0.3) is 0 Å². The molecule has 0 bridgehead atoms. The van der Waals surface area contributed by atoms with Crippen LogP contribution < -0.4 is 5.32 Å². The molecule has 2 N–H and O–H groups in total. The average Bonchev–Trinajstić information content (AvgIpc) is 2.11. The van der Waals surface area contributed by atoms with Crippen LogP contribution in [-0.4, -0.2) is 30.0 Å². The van der Waals surface area contributed by atoms with Gasteiger partial charge in [-0.1, -0.05) is 13.8 Å². The lowest BCUT2D eigenvalue weighted by Gasteiger charge is -2.23. The van der Waals surface area contributed by atoms with Crippen molar-refractivity contribution in [2.75, 3.05) is 19.0 Å². The molecule has 84 valence electrons. The first-order valence-electron chi connectivity index (χ1n) is 4.95. The Hall–Kier alpha value is -0.280. The highest BCUT2D eigenvalue weighted by Crippen LogP contribution is 2.17. The molecule has 0 saturated carbocycles. The molecule has 0 rings (SSSR count). The predicted molar refractivity (Wildman–Crippen MR) is 58.4 cm³/mol. The highest BCUT2D eigenvalue weighted by Gasteiger charge is 2.17. The Morgan fingerprint density at radius 3 is 2.64 bits per heavy atom. The van der Waals surface area contributed by atoms with E-state index in [-0.39, 0.29) is 17.9 Å². The number of aliphatic hydroxyl groups excluding tert-OH is 1. The normalized spacial score (nSPS) is 11.4. The molecular formula is C10H20ClNO2. The van der Waals surface area contributed by atoms with Crippen LogP contribution in [0.1, 0.15) is 33.1 Å². The molecule has 4 heteroatoms. The second kappa shape index (κ2) is 7.07. The van der Waals surface area contributed by atoms with Crippen LogP contribution in [0, 0.1) is 5.41 Å². The fraction of sp³-hybridized carbons (Fsp3) is 0.900. The minimum absolute atomic E-state index is 0.0363. The second-order valence-corrected chi connectivity index (χ2v) is 4.59. The van der Waals surface area contributed by atoms with E-state index in [1.807, 2.05) is 13.8 Å². The molecule has 0 radical (unpaired) electrons. The summed E-state index contributed by atoms with van der Waals surface area (Å²) in [5.74, 6) is 0.560. The van der Waals surface area contributed by atoms with Crippen molar-refractivity contribution in [2.45, 2.75) is 33.1 Å². The summed E-state index contributed by atoms with van der Waals surface area (Å²) in [6, 6.07) is 0. The molecule has 14 heavy (non-hydrogen) atoms. The molecule has 0 fully saturated rings. The number of hydrogen-bond acceptors (Lipinski definition) is 2. The molecular weight excluding hydrogens is 202 g/mol. The third kappa shape index (κ3) is 7.15. The number of carbonyl (C=O) groups is 1. The van der Waals surface area contributed by atoms with Crippen LogP contribution >= 0.6 is 11.6 Å². The van der Waals surface area contributed by atoms with Gasteiger partial charge in [-0.25, -0.2) is 0 Å². The van der Waals surface area contributed by atoms with Crippen molar-refractivity contribution in [1.29, 1.82) is 0 Å². The molecule has 0 aliphatic carbocycles. The van der Waals surface area contributed by atoms with Crippen molar-refractivity contribution in [1.82, 2.24) is 5.32 Å². The van der Waals surface area contributed by atoms with E-state index in [4.69, 9.17) is 16.7 Å². The summed E-state index contributed by atoms with van der Waals surface area (Å²) >= 11 is 5.47. The fourth-order valence-corrected chi connectivity index (χ4v) is 1.18. The Kier molecular flexibility index (Phi) is 6.93. The minimum Gasteiger partial charge on any atom is -0.396 e. The molecule has 0 saturated heterocycles.